The highest BCUT2D eigenvalue weighted by Gasteiger charge is 2.17. The molecule has 0 aromatic rings. The molecule has 2 atom stereocenters. The van der Waals surface area contributed by atoms with Gasteiger partial charge in [0, 0.05) is 12.6 Å². The largest absolute Gasteiger partial charge is 0.377 e. The molecule has 102 valence electrons. The van der Waals surface area contributed by atoms with E-state index in [0.29, 0.717) is 6.10 Å². The van der Waals surface area contributed by atoms with Crippen LogP contribution >= 0.6 is 0 Å². The van der Waals surface area contributed by atoms with Gasteiger partial charge in [-0.1, -0.05) is 58.3 Å². The van der Waals surface area contributed by atoms with E-state index in [0.717, 1.165) is 19.4 Å². The molecule has 0 radical (unpaired) electrons. The molecule has 2 heteroatoms. The zero-order chi connectivity index (χ0) is 12.3. The van der Waals surface area contributed by atoms with Crippen LogP contribution in [0.2, 0.25) is 0 Å². The highest BCUT2D eigenvalue weighted by atomic mass is 16.5. The first-order chi connectivity index (χ1) is 8.34. The molecule has 1 saturated carbocycles. The molecule has 0 amide bonds. The molecule has 1 aliphatic carbocycles. The third kappa shape index (κ3) is 7.05. The van der Waals surface area contributed by atoms with Crippen molar-refractivity contribution in [2.45, 2.75) is 89.7 Å². The van der Waals surface area contributed by atoms with Crippen molar-refractivity contribution in [3.8, 4) is 0 Å². The van der Waals surface area contributed by atoms with Gasteiger partial charge in [-0.3, -0.25) is 0 Å². The Labute approximate surface area is 107 Å². The number of ether oxygens (including phenoxy) is 1. The normalized spacial score (nSPS) is 29.3. The monoisotopic (exact) mass is 241 g/mol. The molecule has 2 N–H and O–H groups in total. The van der Waals surface area contributed by atoms with Gasteiger partial charge in [0.1, 0.15) is 0 Å². The predicted octanol–water partition coefficient (Wildman–Crippen LogP) is 4.02. The molecule has 1 aliphatic rings. The molecule has 0 saturated heterocycles. The lowest BCUT2D eigenvalue weighted by atomic mass is 9.96. The van der Waals surface area contributed by atoms with Gasteiger partial charge < -0.3 is 10.5 Å². The summed E-state index contributed by atoms with van der Waals surface area (Å²) in [7, 11) is 0. The lowest BCUT2D eigenvalue weighted by molar-refractivity contribution is 0.0259. The number of hydrogen-bond donors (Lipinski definition) is 1. The second-order valence-electron chi connectivity index (χ2n) is 5.48. The zero-order valence-corrected chi connectivity index (χ0v) is 11.6. The average Bonchev–Trinajstić information content (AvgIpc) is 2.33. The van der Waals surface area contributed by atoms with Crippen molar-refractivity contribution >= 4 is 0 Å². The van der Waals surface area contributed by atoms with Crippen LogP contribution in [-0.2, 0) is 4.74 Å². The van der Waals surface area contributed by atoms with Crippen molar-refractivity contribution in [3.05, 3.63) is 0 Å². The number of nitrogens with two attached hydrogens (primary N) is 1. The quantitative estimate of drug-likeness (QED) is 0.810. The van der Waals surface area contributed by atoms with E-state index in [1.165, 1.54) is 57.8 Å². The maximum absolute atomic E-state index is 6.27. The molecule has 1 rings (SSSR count). The van der Waals surface area contributed by atoms with Crippen molar-refractivity contribution in [1.29, 1.82) is 0 Å². The van der Waals surface area contributed by atoms with Crippen molar-refractivity contribution in [2.24, 2.45) is 5.73 Å². The fraction of sp³-hybridized carbons (Fsp3) is 1.00. The zero-order valence-electron chi connectivity index (χ0n) is 11.6. The molecule has 0 aromatic heterocycles. The molecule has 17 heavy (non-hydrogen) atoms. The van der Waals surface area contributed by atoms with Crippen molar-refractivity contribution in [2.75, 3.05) is 6.61 Å². The van der Waals surface area contributed by atoms with Crippen LogP contribution in [0.3, 0.4) is 0 Å². The van der Waals surface area contributed by atoms with Gasteiger partial charge in [0.05, 0.1) is 6.10 Å². The lowest BCUT2D eigenvalue weighted by Gasteiger charge is -2.24. The van der Waals surface area contributed by atoms with Crippen LogP contribution in [-0.4, -0.2) is 18.8 Å². The summed E-state index contributed by atoms with van der Waals surface area (Å²) >= 11 is 0. The summed E-state index contributed by atoms with van der Waals surface area (Å²) < 4.78 is 5.92. The summed E-state index contributed by atoms with van der Waals surface area (Å²) in [4.78, 5) is 0. The Balaban J connectivity index is 2.33. The van der Waals surface area contributed by atoms with Gasteiger partial charge in [-0.25, -0.2) is 0 Å². The van der Waals surface area contributed by atoms with E-state index in [-0.39, 0.29) is 6.04 Å². The minimum Gasteiger partial charge on any atom is -0.377 e. The summed E-state index contributed by atoms with van der Waals surface area (Å²) in [6, 6.07) is 0.265. The lowest BCUT2D eigenvalue weighted by Crippen LogP contribution is -2.37. The van der Waals surface area contributed by atoms with E-state index < -0.39 is 0 Å². The van der Waals surface area contributed by atoms with E-state index in [1.807, 2.05) is 0 Å². The molecular weight excluding hydrogens is 210 g/mol. The van der Waals surface area contributed by atoms with Crippen molar-refractivity contribution in [1.82, 2.24) is 0 Å². The van der Waals surface area contributed by atoms with E-state index in [4.69, 9.17) is 10.5 Å². The first-order valence-electron chi connectivity index (χ1n) is 7.71. The number of hydrogen-bond acceptors (Lipinski definition) is 2. The molecule has 0 spiro atoms. The highest BCUT2D eigenvalue weighted by molar-refractivity contribution is 4.74. The molecule has 2 unspecified atom stereocenters. The van der Waals surface area contributed by atoms with Crippen LogP contribution < -0.4 is 5.73 Å². The Morgan fingerprint density at radius 3 is 2.00 bits per heavy atom. The standard InChI is InChI=1S/C15H31NO/c1-2-13-17-15-12-10-8-6-4-3-5-7-9-11-14(15)16/h14-15H,2-13,16H2,1H3. The molecule has 0 aliphatic heterocycles. The molecule has 0 bridgehead atoms. The summed E-state index contributed by atoms with van der Waals surface area (Å²) in [5, 5.41) is 0. The summed E-state index contributed by atoms with van der Waals surface area (Å²) in [5.41, 5.74) is 6.27. The summed E-state index contributed by atoms with van der Waals surface area (Å²) in [6.45, 7) is 3.04. The molecular formula is C15H31NO. The predicted molar refractivity (Wildman–Crippen MR) is 74.2 cm³/mol. The van der Waals surface area contributed by atoms with E-state index in [2.05, 4.69) is 6.92 Å². The fourth-order valence-electron chi connectivity index (χ4n) is 2.66. The summed E-state index contributed by atoms with van der Waals surface area (Å²) in [5.74, 6) is 0. The van der Waals surface area contributed by atoms with Crippen LogP contribution in [0.1, 0.15) is 77.6 Å². The van der Waals surface area contributed by atoms with E-state index >= 15 is 0 Å². The average molecular weight is 241 g/mol. The van der Waals surface area contributed by atoms with Crippen LogP contribution in [0.5, 0.6) is 0 Å². The van der Waals surface area contributed by atoms with Gasteiger partial charge in [0.2, 0.25) is 0 Å². The first-order valence-corrected chi connectivity index (χ1v) is 7.71. The van der Waals surface area contributed by atoms with Gasteiger partial charge in [-0.15, -0.1) is 0 Å². The molecule has 1 fully saturated rings. The minimum absolute atomic E-state index is 0.265. The van der Waals surface area contributed by atoms with Crippen LogP contribution in [0, 0.1) is 0 Å². The van der Waals surface area contributed by atoms with Gasteiger partial charge >= 0.3 is 0 Å². The fourth-order valence-corrected chi connectivity index (χ4v) is 2.66. The Morgan fingerprint density at radius 1 is 0.882 bits per heavy atom. The Morgan fingerprint density at radius 2 is 1.41 bits per heavy atom. The summed E-state index contributed by atoms with van der Waals surface area (Å²) in [6.07, 6.45) is 14.7. The highest BCUT2D eigenvalue weighted by Crippen LogP contribution is 2.18. The Hall–Kier alpha value is -0.0800. The Kier molecular flexibility index (Phi) is 8.72. The maximum Gasteiger partial charge on any atom is 0.0725 e. The third-order valence-electron chi connectivity index (χ3n) is 3.79. The van der Waals surface area contributed by atoms with Crippen LogP contribution in [0.15, 0.2) is 0 Å². The molecule has 2 nitrogen and oxygen atoms in total. The third-order valence-corrected chi connectivity index (χ3v) is 3.79. The van der Waals surface area contributed by atoms with Gasteiger partial charge in [0.15, 0.2) is 0 Å². The minimum atomic E-state index is 0.265. The van der Waals surface area contributed by atoms with Crippen LogP contribution in [0.4, 0.5) is 0 Å². The van der Waals surface area contributed by atoms with Gasteiger partial charge in [-0.2, -0.15) is 0 Å². The van der Waals surface area contributed by atoms with Crippen molar-refractivity contribution < 1.29 is 4.74 Å². The Bertz CT molecular complexity index is 172. The van der Waals surface area contributed by atoms with E-state index in [1.54, 1.807) is 0 Å². The SMILES string of the molecule is CCCOC1CCCCCCCCCCC1N. The topological polar surface area (TPSA) is 35.2 Å². The van der Waals surface area contributed by atoms with Gasteiger partial charge in [0.25, 0.3) is 0 Å². The van der Waals surface area contributed by atoms with Gasteiger partial charge in [-0.05, 0) is 19.3 Å². The van der Waals surface area contributed by atoms with Crippen LogP contribution in [0.25, 0.3) is 0 Å². The second-order valence-corrected chi connectivity index (χ2v) is 5.48. The maximum atomic E-state index is 6.27. The van der Waals surface area contributed by atoms with Crippen molar-refractivity contribution in [3.63, 3.8) is 0 Å². The molecule has 0 heterocycles. The smallest absolute Gasteiger partial charge is 0.0725 e. The van der Waals surface area contributed by atoms with E-state index in [9.17, 15) is 0 Å². The number of rotatable bonds is 3. The second kappa shape index (κ2) is 9.90. The first kappa shape index (κ1) is 15.0. The molecule has 0 aromatic carbocycles.